The molecule has 0 saturated heterocycles. The Bertz CT molecular complexity index is 595. The first-order chi connectivity index (χ1) is 9.02. The topological polar surface area (TPSA) is 35.2 Å². The number of benzene rings is 2. The van der Waals surface area contributed by atoms with Gasteiger partial charge in [-0.05, 0) is 48.2 Å². The summed E-state index contributed by atoms with van der Waals surface area (Å²) >= 11 is 3.56. The second kappa shape index (κ2) is 5.76. The summed E-state index contributed by atoms with van der Waals surface area (Å²) in [7, 11) is 1.66. The maximum absolute atomic E-state index is 6.36. The molecule has 100 valence electrons. The van der Waals surface area contributed by atoms with Crippen molar-refractivity contribution in [2.24, 2.45) is 5.73 Å². The van der Waals surface area contributed by atoms with Gasteiger partial charge in [-0.1, -0.05) is 40.2 Å². The van der Waals surface area contributed by atoms with Gasteiger partial charge in [0.1, 0.15) is 5.75 Å². The number of hydrogen-bond acceptors (Lipinski definition) is 2. The Morgan fingerprint density at radius 3 is 2.37 bits per heavy atom. The third-order valence-corrected chi connectivity index (χ3v) is 4.12. The lowest BCUT2D eigenvalue weighted by Crippen LogP contribution is -2.12. The largest absolute Gasteiger partial charge is 0.497 e. The fourth-order valence-electron chi connectivity index (χ4n) is 2.02. The van der Waals surface area contributed by atoms with Crippen molar-refractivity contribution in [3.8, 4) is 5.75 Å². The summed E-state index contributed by atoms with van der Waals surface area (Å²) in [5.41, 5.74) is 11.1. The van der Waals surface area contributed by atoms with E-state index in [9.17, 15) is 0 Å². The van der Waals surface area contributed by atoms with Crippen LogP contribution >= 0.6 is 15.9 Å². The van der Waals surface area contributed by atoms with Crippen molar-refractivity contribution >= 4 is 15.9 Å². The van der Waals surface area contributed by atoms with Crippen LogP contribution in [0.4, 0.5) is 0 Å². The quantitative estimate of drug-likeness (QED) is 0.923. The minimum atomic E-state index is -0.139. The minimum Gasteiger partial charge on any atom is -0.497 e. The molecule has 3 heteroatoms. The Labute approximate surface area is 122 Å². The lowest BCUT2D eigenvalue weighted by atomic mass is 9.96. The molecule has 0 bridgehead atoms. The van der Waals surface area contributed by atoms with Gasteiger partial charge in [-0.15, -0.1) is 0 Å². The van der Waals surface area contributed by atoms with E-state index >= 15 is 0 Å². The third kappa shape index (κ3) is 2.99. The second-order valence-electron chi connectivity index (χ2n) is 4.71. The molecular formula is C16H18BrNO. The van der Waals surface area contributed by atoms with Crippen LogP contribution in [0.25, 0.3) is 0 Å². The molecule has 2 N–H and O–H groups in total. The number of hydrogen-bond donors (Lipinski definition) is 1. The van der Waals surface area contributed by atoms with E-state index in [1.165, 1.54) is 11.1 Å². The minimum absolute atomic E-state index is 0.139. The highest BCUT2D eigenvalue weighted by Crippen LogP contribution is 2.30. The number of rotatable bonds is 3. The number of nitrogens with two attached hydrogens (primary N) is 1. The van der Waals surface area contributed by atoms with Gasteiger partial charge >= 0.3 is 0 Å². The summed E-state index contributed by atoms with van der Waals surface area (Å²) in [6.45, 7) is 4.21. The highest BCUT2D eigenvalue weighted by atomic mass is 79.9. The first kappa shape index (κ1) is 14.1. The number of halogens is 1. The van der Waals surface area contributed by atoms with Crippen molar-refractivity contribution in [2.45, 2.75) is 19.9 Å². The van der Waals surface area contributed by atoms with E-state index in [0.29, 0.717) is 0 Å². The molecule has 2 nitrogen and oxygen atoms in total. The van der Waals surface area contributed by atoms with E-state index in [0.717, 1.165) is 21.3 Å². The third-order valence-electron chi connectivity index (χ3n) is 3.43. The molecule has 0 aliphatic carbocycles. The average Bonchev–Trinajstić information content (AvgIpc) is 2.41. The van der Waals surface area contributed by atoms with Gasteiger partial charge in [-0.3, -0.25) is 0 Å². The highest BCUT2D eigenvalue weighted by molar-refractivity contribution is 9.10. The molecular weight excluding hydrogens is 302 g/mol. The van der Waals surface area contributed by atoms with Crippen LogP contribution in [0.1, 0.15) is 28.3 Å². The van der Waals surface area contributed by atoms with Crippen molar-refractivity contribution in [3.05, 3.63) is 63.1 Å². The zero-order chi connectivity index (χ0) is 14.0. The molecule has 19 heavy (non-hydrogen) atoms. The molecule has 0 aliphatic heterocycles. The van der Waals surface area contributed by atoms with E-state index in [-0.39, 0.29) is 6.04 Å². The molecule has 0 aromatic heterocycles. The molecule has 0 fully saturated rings. The first-order valence-corrected chi connectivity index (χ1v) is 6.98. The summed E-state index contributed by atoms with van der Waals surface area (Å²) < 4.78 is 6.17. The van der Waals surface area contributed by atoms with Crippen molar-refractivity contribution in [3.63, 3.8) is 0 Å². The molecule has 0 amide bonds. The molecule has 0 spiro atoms. The van der Waals surface area contributed by atoms with Crippen LogP contribution in [0.5, 0.6) is 5.75 Å². The molecule has 2 aromatic carbocycles. The Morgan fingerprint density at radius 1 is 1.05 bits per heavy atom. The van der Waals surface area contributed by atoms with Crippen molar-refractivity contribution in [2.75, 3.05) is 7.11 Å². The van der Waals surface area contributed by atoms with Crippen LogP contribution in [0, 0.1) is 13.8 Å². The predicted molar refractivity (Wildman–Crippen MR) is 82.6 cm³/mol. The zero-order valence-corrected chi connectivity index (χ0v) is 13.0. The summed E-state index contributed by atoms with van der Waals surface area (Å²) in [6, 6.07) is 12.1. The van der Waals surface area contributed by atoms with Crippen LogP contribution in [0.3, 0.4) is 0 Å². The zero-order valence-electron chi connectivity index (χ0n) is 11.4. The molecule has 1 unspecified atom stereocenters. The van der Waals surface area contributed by atoms with Gasteiger partial charge in [-0.25, -0.2) is 0 Å². The van der Waals surface area contributed by atoms with Crippen LogP contribution in [0.2, 0.25) is 0 Å². The van der Waals surface area contributed by atoms with Gasteiger partial charge in [0.25, 0.3) is 0 Å². The van der Waals surface area contributed by atoms with Crippen molar-refractivity contribution < 1.29 is 4.74 Å². The monoisotopic (exact) mass is 319 g/mol. The Morgan fingerprint density at radius 2 is 1.79 bits per heavy atom. The van der Waals surface area contributed by atoms with E-state index in [1.807, 2.05) is 18.2 Å². The Hall–Kier alpha value is -1.32. The average molecular weight is 320 g/mol. The Kier molecular flexibility index (Phi) is 4.27. The van der Waals surface area contributed by atoms with E-state index in [2.05, 4.69) is 48.0 Å². The van der Waals surface area contributed by atoms with Gasteiger partial charge in [0.2, 0.25) is 0 Å². The van der Waals surface area contributed by atoms with Crippen LogP contribution < -0.4 is 10.5 Å². The number of ether oxygens (including phenoxy) is 1. The van der Waals surface area contributed by atoms with Gasteiger partial charge < -0.3 is 10.5 Å². The normalized spacial score (nSPS) is 12.3. The lowest BCUT2D eigenvalue weighted by molar-refractivity contribution is 0.414. The standard InChI is InChI=1S/C16H18BrNO/c1-10-4-5-12(8-11(10)2)16(18)14-7-6-13(19-3)9-15(14)17/h4-9,16H,18H2,1-3H3. The maximum Gasteiger partial charge on any atom is 0.120 e. The fourth-order valence-corrected chi connectivity index (χ4v) is 2.63. The summed E-state index contributed by atoms with van der Waals surface area (Å²) in [5.74, 6) is 0.822. The van der Waals surface area contributed by atoms with Gasteiger partial charge in [0.15, 0.2) is 0 Å². The molecule has 0 saturated carbocycles. The predicted octanol–water partition coefficient (Wildman–Crippen LogP) is 4.12. The van der Waals surface area contributed by atoms with E-state index in [1.54, 1.807) is 7.11 Å². The van der Waals surface area contributed by atoms with Crippen molar-refractivity contribution in [1.82, 2.24) is 0 Å². The molecule has 0 aliphatic rings. The lowest BCUT2D eigenvalue weighted by Gasteiger charge is -2.16. The summed E-state index contributed by atoms with van der Waals surface area (Å²) in [5, 5.41) is 0. The molecule has 2 rings (SSSR count). The van der Waals surface area contributed by atoms with Gasteiger partial charge in [0.05, 0.1) is 13.2 Å². The van der Waals surface area contributed by atoms with E-state index < -0.39 is 0 Å². The number of methoxy groups -OCH3 is 1. The smallest absolute Gasteiger partial charge is 0.120 e. The van der Waals surface area contributed by atoms with Crippen molar-refractivity contribution in [1.29, 1.82) is 0 Å². The molecule has 0 heterocycles. The molecule has 2 aromatic rings. The van der Waals surface area contributed by atoms with E-state index in [4.69, 9.17) is 10.5 Å². The SMILES string of the molecule is COc1ccc(C(N)c2ccc(C)c(C)c2)c(Br)c1. The first-order valence-electron chi connectivity index (χ1n) is 6.19. The van der Waals surface area contributed by atoms with Crippen LogP contribution in [-0.2, 0) is 0 Å². The van der Waals surface area contributed by atoms with Gasteiger partial charge in [0, 0.05) is 4.47 Å². The van der Waals surface area contributed by atoms with Crippen LogP contribution in [-0.4, -0.2) is 7.11 Å². The van der Waals surface area contributed by atoms with Crippen LogP contribution in [0.15, 0.2) is 40.9 Å². The second-order valence-corrected chi connectivity index (χ2v) is 5.56. The molecule has 1 atom stereocenters. The Balaban J connectivity index is 2.38. The molecule has 0 radical (unpaired) electrons. The fraction of sp³-hybridized carbons (Fsp3) is 0.250. The maximum atomic E-state index is 6.36. The summed E-state index contributed by atoms with van der Waals surface area (Å²) in [6.07, 6.45) is 0. The highest BCUT2D eigenvalue weighted by Gasteiger charge is 2.13. The van der Waals surface area contributed by atoms with Gasteiger partial charge in [-0.2, -0.15) is 0 Å². The summed E-state index contributed by atoms with van der Waals surface area (Å²) in [4.78, 5) is 0. The number of aryl methyl sites for hydroxylation is 2.